The van der Waals surface area contributed by atoms with Crippen LogP contribution in [0.2, 0.25) is 5.02 Å². The van der Waals surface area contributed by atoms with Crippen molar-refractivity contribution in [1.29, 1.82) is 0 Å². The molecule has 3 unspecified atom stereocenters. The molecule has 1 saturated heterocycles. The number of benzene rings is 2. The minimum absolute atomic E-state index is 0.203. The minimum Gasteiger partial charge on any atom is -0.488 e. The van der Waals surface area contributed by atoms with E-state index < -0.39 is 44.1 Å². The maximum Gasteiger partial charge on any atom is 0.272 e. The molecule has 2 aromatic rings. The lowest BCUT2D eigenvalue weighted by atomic mass is 9.92. The highest BCUT2D eigenvalue weighted by molar-refractivity contribution is 6.31. The summed E-state index contributed by atoms with van der Waals surface area (Å²) in [5.41, 5.74) is 2.53. The Kier molecular flexibility index (Phi) is 10.1. The highest BCUT2D eigenvalue weighted by atomic mass is 35.5. The molecule has 2 aromatic carbocycles. The molecule has 3 rings (SSSR count). The van der Waals surface area contributed by atoms with Crippen molar-refractivity contribution >= 4 is 11.6 Å². The van der Waals surface area contributed by atoms with Crippen molar-refractivity contribution in [2.45, 2.75) is 43.7 Å². The standard InChI is InChI=1S/C21H23ClF2O5.CH4O/c22-16-6-3-13(18-9-17(26)21(27)19(10-25)29-18)8-14(16)7-12-1-4-15(5-2-12)28-11-20(23)24;1-2/h1-6,8,17-21,25-27H,7,9-11H2;2H,1H3/t17?,18?,19?,21-;/m0./s1. The van der Waals surface area contributed by atoms with Crippen molar-refractivity contribution < 1.29 is 38.7 Å². The molecule has 0 spiro atoms. The molecule has 0 bridgehead atoms. The van der Waals surface area contributed by atoms with E-state index in [4.69, 9.17) is 26.2 Å². The molecule has 9 heteroatoms. The molecule has 0 amide bonds. The van der Waals surface area contributed by atoms with Gasteiger partial charge in [-0.25, -0.2) is 8.78 Å². The van der Waals surface area contributed by atoms with Crippen molar-refractivity contribution in [2.75, 3.05) is 20.3 Å². The van der Waals surface area contributed by atoms with Crippen molar-refractivity contribution in [2.24, 2.45) is 0 Å². The fraction of sp³-hybridized carbons (Fsp3) is 0.455. The Morgan fingerprint density at radius 1 is 1.13 bits per heavy atom. The van der Waals surface area contributed by atoms with Crippen LogP contribution in [0.15, 0.2) is 42.5 Å². The van der Waals surface area contributed by atoms with Gasteiger partial charge in [0.2, 0.25) is 0 Å². The SMILES string of the molecule is CO.OCC1OC(c2ccc(Cl)c(Cc3ccc(OCC(F)F)cc3)c2)CC(O)[C@@H]1O. The van der Waals surface area contributed by atoms with Crippen LogP contribution < -0.4 is 4.74 Å². The molecule has 0 aromatic heterocycles. The molecular weight excluding hydrogens is 434 g/mol. The number of hydrogen-bond donors (Lipinski definition) is 4. The van der Waals surface area contributed by atoms with Gasteiger partial charge in [0.05, 0.1) is 18.8 Å². The summed E-state index contributed by atoms with van der Waals surface area (Å²) in [7, 11) is 1.00. The number of aliphatic hydroxyl groups is 4. The summed E-state index contributed by atoms with van der Waals surface area (Å²) >= 11 is 6.33. The Balaban J connectivity index is 0.00000166. The Labute approximate surface area is 184 Å². The van der Waals surface area contributed by atoms with Crippen LogP contribution in [0.25, 0.3) is 0 Å². The molecule has 31 heavy (non-hydrogen) atoms. The second kappa shape index (κ2) is 12.3. The van der Waals surface area contributed by atoms with Gasteiger partial charge in [0.1, 0.15) is 24.6 Å². The molecule has 0 saturated carbocycles. The molecule has 1 aliphatic heterocycles. The van der Waals surface area contributed by atoms with E-state index >= 15 is 0 Å². The topological polar surface area (TPSA) is 99.4 Å². The first-order chi connectivity index (χ1) is 14.9. The average Bonchev–Trinajstić information content (AvgIpc) is 2.78. The lowest BCUT2D eigenvalue weighted by Gasteiger charge is -2.36. The second-order valence-electron chi connectivity index (χ2n) is 7.01. The number of rotatable bonds is 7. The minimum atomic E-state index is -2.52. The Bertz CT molecular complexity index is 805. The fourth-order valence-corrected chi connectivity index (χ4v) is 3.52. The first kappa shape index (κ1) is 25.5. The largest absolute Gasteiger partial charge is 0.488 e. The van der Waals surface area contributed by atoms with Crippen LogP contribution in [-0.2, 0) is 11.2 Å². The van der Waals surface area contributed by atoms with Gasteiger partial charge in [0.15, 0.2) is 0 Å². The van der Waals surface area contributed by atoms with Crippen molar-refractivity contribution in [3.8, 4) is 5.75 Å². The number of aliphatic hydroxyl groups excluding tert-OH is 4. The van der Waals surface area contributed by atoms with Gasteiger partial charge < -0.3 is 29.9 Å². The third-order valence-electron chi connectivity index (χ3n) is 4.89. The summed E-state index contributed by atoms with van der Waals surface area (Å²) in [6, 6.07) is 12.2. The van der Waals surface area contributed by atoms with Gasteiger partial charge in [-0.2, -0.15) is 0 Å². The summed E-state index contributed by atoms with van der Waals surface area (Å²) < 4.78 is 35.2. The van der Waals surface area contributed by atoms with Gasteiger partial charge in [-0.1, -0.05) is 35.9 Å². The smallest absolute Gasteiger partial charge is 0.272 e. The van der Waals surface area contributed by atoms with E-state index in [0.29, 0.717) is 17.2 Å². The number of hydrogen-bond acceptors (Lipinski definition) is 6. The predicted molar refractivity (Wildman–Crippen MR) is 112 cm³/mol. The van der Waals surface area contributed by atoms with E-state index in [1.54, 1.807) is 36.4 Å². The number of halogens is 3. The quantitative estimate of drug-likeness (QED) is 0.507. The molecule has 0 aliphatic carbocycles. The monoisotopic (exact) mass is 460 g/mol. The van der Waals surface area contributed by atoms with Gasteiger partial charge in [-0.3, -0.25) is 0 Å². The highest BCUT2D eigenvalue weighted by Crippen LogP contribution is 2.34. The van der Waals surface area contributed by atoms with Crippen LogP contribution in [0.5, 0.6) is 5.75 Å². The average molecular weight is 461 g/mol. The molecular formula is C22H27ClF2O6. The van der Waals surface area contributed by atoms with Crippen LogP contribution in [-0.4, -0.2) is 65.5 Å². The van der Waals surface area contributed by atoms with Crippen molar-refractivity contribution in [3.05, 3.63) is 64.2 Å². The molecule has 0 radical (unpaired) electrons. The van der Waals surface area contributed by atoms with E-state index in [2.05, 4.69) is 0 Å². The van der Waals surface area contributed by atoms with Crippen LogP contribution in [0.1, 0.15) is 29.2 Å². The Hall–Kier alpha value is -1.81. The third-order valence-corrected chi connectivity index (χ3v) is 5.25. The Morgan fingerprint density at radius 3 is 2.42 bits per heavy atom. The third kappa shape index (κ3) is 7.10. The predicted octanol–water partition coefficient (Wildman–Crippen LogP) is 2.73. The highest BCUT2D eigenvalue weighted by Gasteiger charge is 2.37. The van der Waals surface area contributed by atoms with Crippen LogP contribution >= 0.6 is 11.6 Å². The van der Waals surface area contributed by atoms with E-state index in [-0.39, 0.29) is 6.42 Å². The van der Waals surface area contributed by atoms with Gasteiger partial charge >= 0.3 is 0 Å². The molecule has 172 valence electrons. The molecule has 4 N–H and O–H groups in total. The summed E-state index contributed by atoms with van der Waals surface area (Å²) in [6.45, 7) is -1.04. The van der Waals surface area contributed by atoms with Crippen LogP contribution in [0, 0.1) is 0 Å². The lowest BCUT2D eigenvalue weighted by Crippen LogP contribution is -2.47. The molecule has 6 nitrogen and oxygen atoms in total. The normalized spacial score (nSPS) is 23.3. The second-order valence-corrected chi connectivity index (χ2v) is 7.42. The summed E-state index contributed by atoms with van der Waals surface area (Å²) in [5.74, 6) is 0.368. The van der Waals surface area contributed by atoms with Crippen molar-refractivity contribution in [1.82, 2.24) is 0 Å². The fourth-order valence-electron chi connectivity index (χ4n) is 3.33. The van der Waals surface area contributed by atoms with E-state index in [0.717, 1.165) is 23.8 Å². The first-order valence-electron chi connectivity index (χ1n) is 9.72. The summed E-state index contributed by atoms with van der Waals surface area (Å²) in [5, 5.41) is 36.8. The molecule has 1 aliphatic rings. The van der Waals surface area contributed by atoms with Gasteiger partial charge in [-0.05, 0) is 41.3 Å². The number of ether oxygens (including phenoxy) is 2. The van der Waals surface area contributed by atoms with Crippen LogP contribution in [0.4, 0.5) is 8.78 Å². The molecule has 1 fully saturated rings. The summed E-state index contributed by atoms with van der Waals surface area (Å²) in [4.78, 5) is 0. The van der Waals surface area contributed by atoms with Gasteiger partial charge in [-0.15, -0.1) is 0 Å². The van der Waals surface area contributed by atoms with Crippen LogP contribution in [0.3, 0.4) is 0 Å². The zero-order chi connectivity index (χ0) is 23.0. The molecule has 1 heterocycles. The Morgan fingerprint density at radius 2 is 1.81 bits per heavy atom. The first-order valence-corrected chi connectivity index (χ1v) is 10.1. The zero-order valence-electron chi connectivity index (χ0n) is 17.0. The van der Waals surface area contributed by atoms with Gasteiger partial charge in [0, 0.05) is 18.6 Å². The van der Waals surface area contributed by atoms with E-state index in [1.807, 2.05) is 6.07 Å². The molecule has 4 atom stereocenters. The van der Waals surface area contributed by atoms with Gasteiger partial charge in [0.25, 0.3) is 6.43 Å². The maximum absolute atomic E-state index is 12.2. The summed E-state index contributed by atoms with van der Waals surface area (Å²) in [6.07, 6.45) is -5.28. The maximum atomic E-state index is 12.2. The van der Waals surface area contributed by atoms with E-state index in [1.165, 1.54) is 0 Å². The number of alkyl halides is 2. The lowest BCUT2D eigenvalue weighted by molar-refractivity contribution is -0.181. The van der Waals surface area contributed by atoms with Crippen molar-refractivity contribution in [3.63, 3.8) is 0 Å². The zero-order valence-corrected chi connectivity index (χ0v) is 17.8. The van der Waals surface area contributed by atoms with E-state index in [9.17, 15) is 24.1 Å².